The van der Waals surface area contributed by atoms with Crippen molar-refractivity contribution in [1.82, 2.24) is 5.32 Å². The van der Waals surface area contributed by atoms with Crippen molar-refractivity contribution in [3.8, 4) is 0 Å². The van der Waals surface area contributed by atoms with Gasteiger partial charge in [0.1, 0.15) is 11.7 Å². The van der Waals surface area contributed by atoms with Gasteiger partial charge >= 0.3 is 5.97 Å². The Morgan fingerprint density at radius 1 is 1.38 bits per heavy atom. The van der Waals surface area contributed by atoms with E-state index >= 15 is 0 Å². The fourth-order valence-corrected chi connectivity index (χ4v) is 2.32. The lowest BCUT2D eigenvalue weighted by Gasteiger charge is -2.18. The van der Waals surface area contributed by atoms with Crippen molar-refractivity contribution >= 4 is 23.3 Å². The second kappa shape index (κ2) is 7.29. The van der Waals surface area contributed by atoms with Gasteiger partial charge in [0.2, 0.25) is 0 Å². The molecule has 3 N–H and O–H groups in total. The van der Waals surface area contributed by atoms with Crippen LogP contribution in [0.1, 0.15) is 43.5 Å². The van der Waals surface area contributed by atoms with Gasteiger partial charge < -0.3 is 15.7 Å². The van der Waals surface area contributed by atoms with Gasteiger partial charge in [-0.1, -0.05) is 13.8 Å². The standard InChI is InChI=1S/C16H21N3O5/c1-9(2)7-13(16(21)22)18-12-6-3-10(8-14(12)19(23)24)15(20)17-11-4-5-11/h3,6,8-9,11,13,18H,4-5,7H2,1-2H3,(H,17,20)(H,21,22)/t13-/m0/s1. The van der Waals surface area contributed by atoms with E-state index in [1.165, 1.54) is 18.2 Å². The van der Waals surface area contributed by atoms with Crippen molar-refractivity contribution in [2.45, 2.75) is 45.2 Å². The van der Waals surface area contributed by atoms with E-state index in [0.717, 1.165) is 12.8 Å². The summed E-state index contributed by atoms with van der Waals surface area (Å²) in [5.74, 6) is -1.32. The number of aliphatic carboxylic acids is 1. The number of nitro benzene ring substituents is 1. The van der Waals surface area contributed by atoms with E-state index < -0.39 is 16.9 Å². The summed E-state index contributed by atoms with van der Waals surface area (Å²) in [5.41, 5.74) is -0.0284. The number of carbonyl (C=O) groups excluding carboxylic acids is 1. The van der Waals surface area contributed by atoms with E-state index in [-0.39, 0.29) is 34.8 Å². The Hall–Kier alpha value is -2.64. The first-order valence-electron chi connectivity index (χ1n) is 7.86. The van der Waals surface area contributed by atoms with E-state index in [2.05, 4.69) is 10.6 Å². The monoisotopic (exact) mass is 335 g/mol. The zero-order chi connectivity index (χ0) is 17.9. The number of rotatable bonds is 8. The number of carbonyl (C=O) groups is 2. The Kier molecular flexibility index (Phi) is 5.38. The number of carboxylic acid groups (broad SMARTS) is 1. The maximum atomic E-state index is 12.0. The molecule has 0 heterocycles. The maximum Gasteiger partial charge on any atom is 0.326 e. The molecule has 1 fully saturated rings. The van der Waals surface area contributed by atoms with E-state index in [1.54, 1.807) is 0 Å². The summed E-state index contributed by atoms with van der Waals surface area (Å²) >= 11 is 0. The lowest BCUT2D eigenvalue weighted by Crippen LogP contribution is -2.31. The van der Waals surface area contributed by atoms with Crippen LogP contribution in [0.15, 0.2) is 18.2 Å². The maximum absolute atomic E-state index is 12.0. The Balaban J connectivity index is 2.23. The number of hydrogen-bond acceptors (Lipinski definition) is 5. The molecule has 1 amide bonds. The second-order valence-corrected chi connectivity index (χ2v) is 6.40. The van der Waals surface area contributed by atoms with Crippen LogP contribution in [0, 0.1) is 16.0 Å². The van der Waals surface area contributed by atoms with E-state index in [4.69, 9.17) is 0 Å². The van der Waals surface area contributed by atoms with Crippen LogP contribution in [0.3, 0.4) is 0 Å². The number of hydrogen-bond donors (Lipinski definition) is 3. The minimum atomic E-state index is -1.08. The number of nitrogens with one attached hydrogen (secondary N) is 2. The second-order valence-electron chi connectivity index (χ2n) is 6.40. The highest BCUT2D eigenvalue weighted by molar-refractivity contribution is 5.96. The minimum Gasteiger partial charge on any atom is -0.480 e. The molecular formula is C16H21N3O5. The Bertz CT molecular complexity index is 655. The zero-order valence-electron chi connectivity index (χ0n) is 13.6. The van der Waals surface area contributed by atoms with Crippen molar-refractivity contribution in [1.29, 1.82) is 0 Å². The Morgan fingerprint density at radius 3 is 2.54 bits per heavy atom. The van der Waals surface area contributed by atoms with Crippen LogP contribution in [0.5, 0.6) is 0 Å². The molecule has 1 atom stereocenters. The van der Waals surface area contributed by atoms with Crippen molar-refractivity contribution in [2.75, 3.05) is 5.32 Å². The molecule has 130 valence electrons. The topological polar surface area (TPSA) is 122 Å². The fourth-order valence-electron chi connectivity index (χ4n) is 2.32. The average Bonchev–Trinajstić information content (AvgIpc) is 3.29. The number of benzene rings is 1. The summed E-state index contributed by atoms with van der Waals surface area (Å²) in [7, 11) is 0. The Labute approximate surface area is 139 Å². The highest BCUT2D eigenvalue weighted by Gasteiger charge is 2.27. The summed E-state index contributed by atoms with van der Waals surface area (Å²) < 4.78 is 0. The normalized spacial score (nSPS) is 15.0. The predicted molar refractivity (Wildman–Crippen MR) is 88.1 cm³/mol. The average molecular weight is 335 g/mol. The van der Waals surface area contributed by atoms with Gasteiger partial charge in [0.25, 0.3) is 11.6 Å². The number of anilines is 1. The summed E-state index contributed by atoms with van der Waals surface area (Å²) in [5, 5.41) is 26.0. The molecule has 2 rings (SSSR count). The first-order valence-corrected chi connectivity index (χ1v) is 7.86. The quantitative estimate of drug-likeness (QED) is 0.495. The predicted octanol–water partition coefficient (Wildman–Crippen LogP) is 2.40. The van der Waals surface area contributed by atoms with Crippen LogP contribution in [-0.4, -0.2) is 34.0 Å². The van der Waals surface area contributed by atoms with Crippen molar-refractivity contribution < 1.29 is 19.6 Å². The third kappa shape index (κ3) is 4.68. The highest BCUT2D eigenvalue weighted by atomic mass is 16.6. The molecular weight excluding hydrogens is 314 g/mol. The van der Waals surface area contributed by atoms with Crippen molar-refractivity contribution in [2.24, 2.45) is 5.92 Å². The minimum absolute atomic E-state index is 0.0935. The van der Waals surface area contributed by atoms with E-state index in [0.29, 0.717) is 6.42 Å². The van der Waals surface area contributed by atoms with Crippen LogP contribution in [0.2, 0.25) is 0 Å². The molecule has 1 aliphatic carbocycles. The summed E-state index contributed by atoms with van der Waals surface area (Å²) in [6.45, 7) is 3.74. The molecule has 1 aromatic rings. The molecule has 8 heteroatoms. The van der Waals surface area contributed by atoms with Gasteiger partial charge in [-0.05, 0) is 37.3 Å². The molecule has 0 aromatic heterocycles. The molecule has 0 unspecified atom stereocenters. The lowest BCUT2D eigenvalue weighted by molar-refractivity contribution is -0.384. The molecule has 8 nitrogen and oxygen atoms in total. The lowest BCUT2D eigenvalue weighted by atomic mass is 10.0. The first kappa shape index (κ1) is 17.7. The summed E-state index contributed by atoms with van der Waals surface area (Å²) in [6.07, 6.45) is 2.17. The van der Waals surface area contributed by atoms with Gasteiger partial charge in [0.15, 0.2) is 0 Å². The van der Waals surface area contributed by atoms with Crippen LogP contribution in [0.25, 0.3) is 0 Å². The molecule has 0 aliphatic heterocycles. The van der Waals surface area contributed by atoms with E-state index in [1.807, 2.05) is 13.8 Å². The molecule has 0 radical (unpaired) electrons. The van der Waals surface area contributed by atoms with Crippen molar-refractivity contribution in [3.63, 3.8) is 0 Å². The van der Waals surface area contributed by atoms with Gasteiger partial charge in [-0.15, -0.1) is 0 Å². The van der Waals surface area contributed by atoms with Crippen LogP contribution < -0.4 is 10.6 Å². The van der Waals surface area contributed by atoms with Gasteiger partial charge in [-0.2, -0.15) is 0 Å². The smallest absolute Gasteiger partial charge is 0.326 e. The number of nitrogens with zero attached hydrogens (tertiary/aromatic N) is 1. The van der Waals surface area contributed by atoms with Crippen LogP contribution >= 0.6 is 0 Å². The highest BCUT2D eigenvalue weighted by Crippen LogP contribution is 2.28. The molecule has 1 aromatic carbocycles. The number of nitro groups is 1. The Morgan fingerprint density at radius 2 is 2.04 bits per heavy atom. The van der Waals surface area contributed by atoms with Gasteiger partial charge in [0, 0.05) is 17.7 Å². The van der Waals surface area contributed by atoms with E-state index in [9.17, 15) is 24.8 Å². The fraction of sp³-hybridized carbons (Fsp3) is 0.500. The third-order valence-electron chi connectivity index (χ3n) is 3.70. The van der Waals surface area contributed by atoms with Gasteiger partial charge in [-0.3, -0.25) is 14.9 Å². The summed E-state index contributed by atoms with van der Waals surface area (Å²) in [4.78, 5) is 34.0. The molecule has 0 saturated heterocycles. The molecule has 24 heavy (non-hydrogen) atoms. The molecule has 0 spiro atoms. The van der Waals surface area contributed by atoms with Crippen LogP contribution in [0.4, 0.5) is 11.4 Å². The van der Waals surface area contributed by atoms with Gasteiger partial charge in [0.05, 0.1) is 4.92 Å². The molecule has 1 aliphatic rings. The first-order chi connectivity index (χ1) is 11.3. The molecule has 0 bridgehead atoms. The van der Waals surface area contributed by atoms with Crippen molar-refractivity contribution in [3.05, 3.63) is 33.9 Å². The summed E-state index contributed by atoms with van der Waals surface area (Å²) in [6, 6.07) is 3.23. The SMILES string of the molecule is CC(C)C[C@H](Nc1ccc(C(=O)NC2CC2)cc1[N+](=O)[O-])C(=O)O. The largest absolute Gasteiger partial charge is 0.480 e. The third-order valence-corrected chi connectivity index (χ3v) is 3.70. The molecule has 1 saturated carbocycles. The van der Waals surface area contributed by atoms with Crippen LogP contribution in [-0.2, 0) is 4.79 Å². The number of amides is 1. The zero-order valence-corrected chi connectivity index (χ0v) is 13.6. The van der Waals surface area contributed by atoms with Gasteiger partial charge in [-0.25, -0.2) is 4.79 Å². The number of carboxylic acids is 1.